The van der Waals surface area contributed by atoms with Gasteiger partial charge in [-0.15, -0.1) is 0 Å². The van der Waals surface area contributed by atoms with Crippen LogP contribution >= 0.6 is 0 Å². The minimum absolute atomic E-state index is 0.0862. The molecular formula is C25H22N4O2. The SMILES string of the molecule is C=CC(=O)Nc1cccc(CC(=O)NCc2ccc(-n3cnc4ccccc43)cc2)c1. The zero-order valence-electron chi connectivity index (χ0n) is 16.9. The van der Waals surface area contributed by atoms with Crippen LogP contribution in [0.15, 0.2) is 91.8 Å². The molecule has 154 valence electrons. The van der Waals surface area contributed by atoms with E-state index in [0.717, 1.165) is 27.8 Å². The number of amides is 2. The van der Waals surface area contributed by atoms with Crippen molar-refractivity contribution < 1.29 is 9.59 Å². The van der Waals surface area contributed by atoms with Crippen molar-refractivity contribution in [1.29, 1.82) is 0 Å². The second kappa shape index (κ2) is 9.09. The average molecular weight is 410 g/mol. The molecule has 6 heteroatoms. The third-order valence-corrected chi connectivity index (χ3v) is 4.90. The first-order valence-corrected chi connectivity index (χ1v) is 9.93. The van der Waals surface area contributed by atoms with Crippen molar-refractivity contribution in [2.75, 3.05) is 5.32 Å². The van der Waals surface area contributed by atoms with Crippen LogP contribution in [0.1, 0.15) is 11.1 Å². The molecule has 4 aromatic rings. The Labute approximate surface area is 180 Å². The number of aromatic nitrogens is 2. The van der Waals surface area contributed by atoms with Crippen molar-refractivity contribution in [3.05, 3.63) is 103 Å². The van der Waals surface area contributed by atoms with Crippen LogP contribution in [0.3, 0.4) is 0 Å². The summed E-state index contributed by atoms with van der Waals surface area (Å²) in [7, 11) is 0. The number of hydrogen-bond donors (Lipinski definition) is 2. The van der Waals surface area contributed by atoms with E-state index in [2.05, 4.69) is 22.2 Å². The molecule has 0 saturated carbocycles. The molecule has 0 radical (unpaired) electrons. The lowest BCUT2D eigenvalue weighted by Crippen LogP contribution is -2.24. The van der Waals surface area contributed by atoms with Crippen molar-refractivity contribution in [2.45, 2.75) is 13.0 Å². The maximum atomic E-state index is 12.3. The lowest BCUT2D eigenvalue weighted by atomic mass is 10.1. The van der Waals surface area contributed by atoms with Crippen molar-refractivity contribution in [3.8, 4) is 5.69 Å². The number of hydrogen-bond acceptors (Lipinski definition) is 3. The molecule has 6 nitrogen and oxygen atoms in total. The van der Waals surface area contributed by atoms with Gasteiger partial charge in [-0.2, -0.15) is 0 Å². The first-order valence-electron chi connectivity index (χ1n) is 9.93. The highest BCUT2D eigenvalue weighted by atomic mass is 16.2. The van der Waals surface area contributed by atoms with E-state index >= 15 is 0 Å². The van der Waals surface area contributed by atoms with E-state index in [0.29, 0.717) is 12.2 Å². The Morgan fingerprint density at radius 3 is 2.58 bits per heavy atom. The molecule has 0 unspecified atom stereocenters. The predicted molar refractivity (Wildman–Crippen MR) is 122 cm³/mol. The Morgan fingerprint density at radius 2 is 1.77 bits per heavy atom. The first kappa shape index (κ1) is 20.1. The molecule has 0 aliphatic carbocycles. The van der Waals surface area contributed by atoms with Gasteiger partial charge < -0.3 is 10.6 Å². The van der Waals surface area contributed by atoms with Crippen LogP contribution in [0.4, 0.5) is 5.69 Å². The predicted octanol–water partition coefficient (Wildman–Crippen LogP) is 4.01. The number of carbonyl (C=O) groups is 2. The van der Waals surface area contributed by atoms with E-state index in [1.165, 1.54) is 6.08 Å². The molecule has 0 saturated heterocycles. The van der Waals surface area contributed by atoms with Gasteiger partial charge in [0.1, 0.15) is 6.33 Å². The van der Waals surface area contributed by atoms with Gasteiger partial charge in [-0.1, -0.05) is 43.0 Å². The maximum Gasteiger partial charge on any atom is 0.247 e. The van der Waals surface area contributed by atoms with Crippen molar-refractivity contribution in [1.82, 2.24) is 14.9 Å². The van der Waals surface area contributed by atoms with Gasteiger partial charge in [-0.25, -0.2) is 4.98 Å². The Balaban J connectivity index is 1.35. The van der Waals surface area contributed by atoms with Crippen LogP contribution in [0.2, 0.25) is 0 Å². The molecule has 1 heterocycles. The van der Waals surface area contributed by atoms with Crippen LogP contribution in [-0.4, -0.2) is 21.4 Å². The summed E-state index contributed by atoms with van der Waals surface area (Å²) in [5, 5.41) is 5.64. The van der Waals surface area contributed by atoms with Gasteiger partial charge in [0.2, 0.25) is 11.8 Å². The van der Waals surface area contributed by atoms with Crippen molar-refractivity contribution >= 4 is 28.5 Å². The van der Waals surface area contributed by atoms with E-state index in [-0.39, 0.29) is 18.2 Å². The van der Waals surface area contributed by atoms with Gasteiger partial charge in [0.25, 0.3) is 0 Å². The number of benzene rings is 3. The number of carbonyl (C=O) groups excluding carboxylic acids is 2. The number of anilines is 1. The zero-order chi connectivity index (χ0) is 21.6. The Morgan fingerprint density at radius 1 is 0.968 bits per heavy atom. The lowest BCUT2D eigenvalue weighted by Gasteiger charge is -2.09. The molecule has 0 aliphatic heterocycles. The van der Waals surface area contributed by atoms with Crippen molar-refractivity contribution in [3.63, 3.8) is 0 Å². The van der Waals surface area contributed by atoms with Crippen LogP contribution in [0, 0.1) is 0 Å². The Bertz CT molecular complexity index is 1240. The largest absolute Gasteiger partial charge is 0.352 e. The summed E-state index contributed by atoms with van der Waals surface area (Å²) >= 11 is 0. The number of imidazole rings is 1. The Kier molecular flexibility index (Phi) is 5.89. The molecule has 1 aromatic heterocycles. The smallest absolute Gasteiger partial charge is 0.247 e. The summed E-state index contributed by atoms with van der Waals surface area (Å²) in [5.74, 6) is -0.370. The van der Waals surface area contributed by atoms with Crippen LogP contribution in [0.25, 0.3) is 16.7 Å². The van der Waals surface area contributed by atoms with E-state index in [1.54, 1.807) is 18.2 Å². The first-order chi connectivity index (χ1) is 15.1. The van der Waals surface area contributed by atoms with Gasteiger partial charge in [0, 0.05) is 17.9 Å². The fraction of sp³-hybridized carbons (Fsp3) is 0.0800. The van der Waals surface area contributed by atoms with Crippen LogP contribution < -0.4 is 10.6 Å². The third-order valence-electron chi connectivity index (χ3n) is 4.90. The molecular weight excluding hydrogens is 388 g/mol. The van der Waals surface area contributed by atoms with E-state index in [4.69, 9.17) is 0 Å². The van der Waals surface area contributed by atoms with E-state index < -0.39 is 0 Å². The van der Waals surface area contributed by atoms with Crippen molar-refractivity contribution in [2.24, 2.45) is 0 Å². The van der Waals surface area contributed by atoms with E-state index in [9.17, 15) is 9.59 Å². The quantitative estimate of drug-likeness (QED) is 0.452. The molecule has 2 N–H and O–H groups in total. The number of nitrogens with one attached hydrogen (secondary N) is 2. The van der Waals surface area contributed by atoms with Gasteiger partial charge >= 0.3 is 0 Å². The second-order valence-corrected chi connectivity index (χ2v) is 7.12. The minimum atomic E-state index is -0.284. The topological polar surface area (TPSA) is 76.0 Å². The number of para-hydroxylation sites is 2. The normalized spacial score (nSPS) is 10.6. The molecule has 2 amide bonds. The summed E-state index contributed by atoms with van der Waals surface area (Å²) < 4.78 is 2.04. The highest BCUT2D eigenvalue weighted by Gasteiger charge is 2.07. The van der Waals surface area contributed by atoms with Gasteiger partial charge in [0.15, 0.2) is 0 Å². The minimum Gasteiger partial charge on any atom is -0.352 e. The third kappa shape index (κ3) is 4.87. The maximum absolute atomic E-state index is 12.3. The standard InChI is InChI=1S/C25H22N4O2/c1-2-24(30)28-20-7-5-6-19(14-20)15-25(31)26-16-18-10-12-21(13-11-18)29-17-27-22-8-3-4-9-23(22)29/h2-14,17H,1,15-16H2,(H,26,31)(H,28,30). The highest BCUT2D eigenvalue weighted by Crippen LogP contribution is 2.18. The molecule has 0 fully saturated rings. The molecule has 0 aliphatic rings. The average Bonchev–Trinajstić information content (AvgIpc) is 3.22. The second-order valence-electron chi connectivity index (χ2n) is 7.12. The van der Waals surface area contributed by atoms with Crippen LogP contribution in [-0.2, 0) is 22.6 Å². The van der Waals surface area contributed by atoms with E-state index in [1.807, 2.05) is 65.5 Å². The fourth-order valence-corrected chi connectivity index (χ4v) is 3.34. The summed E-state index contributed by atoms with van der Waals surface area (Å²) in [6.07, 6.45) is 3.25. The molecule has 0 bridgehead atoms. The summed E-state index contributed by atoms with van der Waals surface area (Å²) in [6.45, 7) is 3.87. The van der Waals surface area contributed by atoms with Crippen LogP contribution in [0.5, 0.6) is 0 Å². The van der Waals surface area contributed by atoms with Gasteiger partial charge in [-0.05, 0) is 53.6 Å². The summed E-state index contributed by atoms with van der Waals surface area (Å²) in [6, 6.07) is 23.2. The monoisotopic (exact) mass is 410 g/mol. The summed E-state index contributed by atoms with van der Waals surface area (Å²) in [5.41, 5.74) is 5.48. The highest BCUT2D eigenvalue weighted by molar-refractivity contribution is 5.99. The zero-order valence-corrected chi connectivity index (χ0v) is 16.9. The fourth-order valence-electron chi connectivity index (χ4n) is 3.34. The number of rotatable bonds is 7. The lowest BCUT2D eigenvalue weighted by molar-refractivity contribution is -0.120. The van der Waals surface area contributed by atoms with Gasteiger partial charge in [0.05, 0.1) is 17.5 Å². The molecule has 0 spiro atoms. The molecule has 3 aromatic carbocycles. The number of nitrogens with zero attached hydrogens (tertiary/aromatic N) is 2. The molecule has 31 heavy (non-hydrogen) atoms. The summed E-state index contributed by atoms with van der Waals surface area (Å²) in [4.78, 5) is 28.2. The molecule has 0 atom stereocenters. The van der Waals surface area contributed by atoms with Gasteiger partial charge in [-0.3, -0.25) is 14.2 Å². The number of fused-ring (bicyclic) bond motifs is 1. The Hall–Kier alpha value is -4.19. The molecule has 4 rings (SSSR count).